The molecule has 0 aliphatic heterocycles. The number of benzene rings is 2. The molecule has 0 amide bonds. The number of aromatic nitrogens is 2. The average Bonchev–Trinajstić information content (AvgIpc) is 2.91. The molecule has 29 heavy (non-hydrogen) atoms. The summed E-state index contributed by atoms with van der Waals surface area (Å²) in [6, 6.07) is 11.5. The van der Waals surface area contributed by atoms with E-state index >= 15 is 0 Å². The van der Waals surface area contributed by atoms with Crippen LogP contribution >= 0.6 is 35.4 Å². The van der Waals surface area contributed by atoms with Crippen LogP contribution in [-0.2, 0) is 6.54 Å². The third-order valence-electron chi connectivity index (χ3n) is 4.27. The van der Waals surface area contributed by atoms with Crippen molar-refractivity contribution in [1.29, 1.82) is 0 Å². The van der Waals surface area contributed by atoms with Crippen LogP contribution in [0.25, 0.3) is 0 Å². The van der Waals surface area contributed by atoms with Crippen LogP contribution < -0.4 is 10.6 Å². The summed E-state index contributed by atoms with van der Waals surface area (Å²) in [6.45, 7) is 4.27. The highest BCUT2D eigenvalue weighted by Gasteiger charge is 2.15. The van der Waals surface area contributed by atoms with Crippen LogP contribution in [0.2, 0.25) is 10.0 Å². The number of non-ortho nitro benzene ring substituents is 1. The Morgan fingerprint density at radius 2 is 1.97 bits per heavy atom. The van der Waals surface area contributed by atoms with E-state index in [0.29, 0.717) is 27.4 Å². The van der Waals surface area contributed by atoms with Gasteiger partial charge in [-0.05, 0) is 49.8 Å². The van der Waals surface area contributed by atoms with E-state index in [1.165, 1.54) is 12.1 Å². The van der Waals surface area contributed by atoms with E-state index in [2.05, 4.69) is 15.7 Å². The van der Waals surface area contributed by atoms with Crippen molar-refractivity contribution < 1.29 is 4.92 Å². The maximum atomic E-state index is 10.9. The molecule has 2 N–H and O–H groups in total. The third-order valence-corrected chi connectivity index (χ3v) is 5.06. The minimum Gasteiger partial charge on any atom is -0.332 e. The van der Waals surface area contributed by atoms with Gasteiger partial charge in [0.2, 0.25) is 0 Å². The van der Waals surface area contributed by atoms with Crippen molar-refractivity contribution in [2.75, 3.05) is 10.6 Å². The highest BCUT2D eigenvalue weighted by atomic mass is 35.5. The van der Waals surface area contributed by atoms with Gasteiger partial charge in [0.25, 0.3) is 5.69 Å². The number of thiocarbonyl (C=S) groups is 1. The summed E-state index contributed by atoms with van der Waals surface area (Å²) in [4.78, 5) is 10.5. The first-order valence-corrected chi connectivity index (χ1v) is 9.71. The smallest absolute Gasteiger partial charge is 0.271 e. The summed E-state index contributed by atoms with van der Waals surface area (Å²) in [5, 5.41) is 23.0. The second-order valence-corrected chi connectivity index (χ2v) is 7.58. The lowest BCUT2D eigenvalue weighted by Gasteiger charge is -2.11. The van der Waals surface area contributed by atoms with Crippen LogP contribution in [0.5, 0.6) is 0 Å². The van der Waals surface area contributed by atoms with Crippen LogP contribution in [0, 0.1) is 24.0 Å². The molecule has 0 radical (unpaired) electrons. The van der Waals surface area contributed by atoms with Gasteiger partial charge in [0, 0.05) is 27.9 Å². The molecule has 2 aromatic carbocycles. The molecule has 0 bridgehead atoms. The first-order valence-electron chi connectivity index (χ1n) is 8.55. The van der Waals surface area contributed by atoms with Crippen molar-refractivity contribution in [3.8, 4) is 0 Å². The van der Waals surface area contributed by atoms with Gasteiger partial charge in [0.1, 0.15) is 0 Å². The number of aryl methyl sites for hydroxylation is 1. The van der Waals surface area contributed by atoms with Gasteiger partial charge in [0.05, 0.1) is 28.5 Å². The number of hydrogen-bond acceptors (Lipinski definition) is 4. The van der Waals surface area contributed by atoms with Gasteiger partial charge in [-0.1, -0.05) is 35.3 Å². The minimum atomic E-state index is -0.456. The summed E-state index contributed by atoms with van der Waals surface area (Å²) in [7, 11) is 0. The second-order valence-electron chi connectivity index (χ2n) is 6.33. The quantitative estimate of drug-likeness (QED) is 0.300. The van der Waals surface area contributed by atoms with E-state index in [-0.39, 0.29) is 5.69 Å². The number of nitrogens with one attached hydrogen (secondary N) is 2. The predicted octanol–water partition coefficient (Wildman–Crippen LogP) is 5.57. The van der Waals surface area contributed by atoms with Crippen LogP contribution in [0.4, 0.5) is 17.1 Å². The molecule has 10 heteroatoms. The number of nitro groups is 1. The monoisotopic (exact) mass is 449 g/mol. The van der Waals surface area contributed by atoms with E-state index in [9.17, 15) is 10.1 Å². The lowest BCUT2D eigenvalue weighted by Crippen LogP contribution is -2.20. The van der Waals surface area contributed by atoms with Crippen LogP contribution in [0.3, 0.4) is 0 Å². The second kappa shape index (κ2) is 8.77. The number of halogens is 2. The largest absolute Gasteiger partial charge is 0.332 e. The first kappa shape index (κ1) is 21.0. The van der Waals surface area contributed by atoms with E-state index in [1.54, 1.807) is 24.3 Å². The molecule has 150 valence electrons. The van der Waals surface area contributed by atoms with Crippen molar-refractivity contribution in [2.24, 2.45) is 0 Å². The zero-order valence-corrected chi connectivity index (χ0v) is 17.9. The normalized spacial score (nSPS) is 10.6. The molecule has 0 unspecified atom stereocenters. The molecule has 1 aromatic heterocycles. The van der Waals surface area contributed by atoms with Gasteiger partial charge in [-0.2, -0.15) is 5.10 Å². The molecule has 0 spiro atoms. The van der Waals surface area contributed by atoms with Crippen LogP contribution in [0.1, 0.15) is 17.0 Å². The molecule has 0 aliphatic carbocycles. The summed E-state index contributed by atoms with van der Waals surface area (Å²) >= 11 is 17.6. The molecule has 0 saturated heterocycles. The fourth-order valence-corrected chi connectivity index (χ4v) is 3.50. The zero-order valence-electron chi connectivity index (χ0n) is 15.6. The van der Waals surface area contributed by atoms with E-state index in [0.717, 1.165) is 22.6 Å². The maximum absolute atomic E-state index is 10.9. The van der Waals surface area contributed by atoms with E-state index in [1.807, 2.05) is 24.6 Å². The highest BCUT2D eigenvalue weighted by molar-refractivity contribution is 7.80. The molecule has 3 rings (SSSR count). The van der Waals surface area contributed by atoms with Crippen LogP contribution in [0.15, 0.2) is 42.5 Å². The molecular formula is C19H17Cl2N5O2S. The molecule has 0 aliphatic rings. The number of nitro benzene ring substituents is 1. The molecule has 0 saturated carbocycles. The van der Waals surface area contributed by atoms with E-state index in [4.69, 9.17) is 35.4 Å². The number of nitrogens with zero attached hydrogens (tertiary/aromatic N) is 3. The third kappa shape index (κ3) is 5.03. The van der Waals surface area contributed by atoms with Crippen LogP contribution in [-0.4, -0.2) is 19.8 Å². The Kier molecular flexibility index (Phi) is 6.36. The Balaban J connectivity index is 1.75. The Hall–Kier alpha value is -2.68. The van der Waals surface area contributed by atoms with Crippen molar-refractivity contribution in [3.63, 3.8) is 0 Å². The van der Waals surface area contributed by atoms with Gasteiger partial charge < -0.3 is 10.6 Å². The number of anilines is 2. The zero-order chi connectivity index (χ0) is 21.1. The molecule has 1 heterocycles. The molecule has 3 aromatic rings. The van der Waals surface area contributed by atoms with Gasteiger partial charge in [-0.25, -0.2) is 0 Å². The lowest BCUT2D eigenvalue weighted by atomic mass is 10.2. The predicted molar refractivity (Wildman–Crippen MR) is 120 cm³/mol. The average molecular weight is 450 g/mol. The summed E-state index contributed by atoms with van der Waals surface area (Å²) in [5.41, 5.74) is 3.79. The Labute approximate surface area is 182 Å². The Bertz CT molecular complexity index is 1100. The summed E-state index contributed by atoms with van der Waals surface area (Å²) in [5.74, 6) is 0. The van der Waals surface area contributed by atoms with Gasteiger partial charge in [-0.15, -0.1) is 0 Å². The Morgan fingerprint density at radius 1 is 1.21 bits per heavy atom. The molecular weight excluding hydrogens is 433 g/mol. The fraction of sp³-hybridized carbons (Fsp3) is 0.158. The SMILES string of the molecule is Cc1nn(Cc2ccc(Cl)cc2Cl)c(C)c1NC(=S)Nc1cccc([N+](=O)[O-])c1. The van der Waals surface area contributed by atoms with Crippen molar-refractivity contribution in [3.05, 3.63) is 79.6 Å². The minimum absolute atomic E-state index is 0.0159. The molecule has 7 nitrogen and oxygen atoms in total. The first-order chi connectivity index (χ1) is 13.7. The number of rotatable bonds is 5. The Morgan fingerprint density at radius 3 is 2.66 bits per heavy atom. The standard InChI is InChI=1S/C19H17Cl2N5O2S/c1-11-18(23-19(29)22-15-4-3-5-16(9-15)26(27)28)12(2)25(24-11)10-13-6-7-14(20)8-17(13)21/h3-9H,10H2,1-2H3,(H2,22,23,29). The molecule has 0 atom stereocenters. The van der Waals surface area contributed by atoms with E-state index < -0.39 is 4.92 Å². The molecule has 0 fully saturated rings. The van der Waals surface area contributed by atoms with Crippen molar-refractivity contribution >= 4 is 57.6 Å². The summed E-state index contributed by atoms with van der Waals surface area (Å²) in [6.07, 6.45) is 0. The van der Waals surface area contributed by atoms with Gasteiger partial charge in [0.15, 0.2) is 5.11 Å². The fourth-order valence-electron chi connectivity index (χ4n) is 2.82. The highest BCUT2D eigenvalue weighted by Crippen LogP contribution is 2.25. The van der Waals surface area contributed by atoms with Crippen molar-refractivity contribution in [1.82, 2.24) is 9.78 Å². The lowest BCUT2D eigenvalue weighted by molar-refractivity contribution is -0.384. The number of hydrogen-bond donors (Lipinski definition) is 2. The van der Waals surface area contributed by atoms with Crippen molar-refractivity contribution in [2.45, 2.75) is 20.4 Å². The van der Waals surface area contributed by atoms with Gasteiger partial charge in [-0.3, -0.25) is 14.8 Å². The topological polar surface area (TPSA) is 85.0 Å². The van der Waals surface area contributed by atoms with Gasteiger partial charge >= 0.3 is 0 Å². The maximum Gasteiger partial charge on any atom is 0.271 e. The summed E-state index contributed by atoms with van der Waals surface area (Å²) < 4.78 is 1.82.